The second-order valence-corrected chi connectivity index (χ2v) is 3.30. The predicted molar refractivity (Wildman–Crippen MR) is 49.1 cm³/mol. The molecule has 14 heavy (non-hydrogen) atoms. The molecule has 76 valence electrons. The van der Waals surface area contributed by atoms with Crippen LogP contribution in [-0.2, 0) is 0 Å². The average molecular weight is 240 g/mol. The summed E-state index contributed by atoms with van der Waals surface area (Å²) in [4.78, 5) is 14.4. The molecule has 0 unspecified atom stereocenters. The molecule has 1 rings (SSSR count). The van der Waals surface area contributed by atoms with Crippen molar-refractivity contribution in [2.24, 2.45) is 0 Å². The van der Waals surface area contributed by atoms with E-state index < -0.39 is 22.8 Å². The lowest BCUT2D eigenvalue weighted by molar-refractivity contribution is 0.106. The Morgan fingerprint density at radius 3 is 2.50 bits per heavy atom. The van der Waals surface area contributed by atoms with Crippen molar-refractivity contribution in [1.82, 2.24) is 4.98 Å². The first-order chi connectivity index (χ1) is 6.45. The molecule has 1 heterocycles. The molecule has 2 nitrogen and oxygen atoms in total. The molecule has 0 saturated heterocycles. The lowest BCUT2D eigenvalue weighted by Gasteiger charge is -2.09. The fraction of sp³-hybridized carbons (Fsp3) is 0.250. The van der Waals surface area contributed by atoms with Crippen LogP contribution in [0.15, 0.2) is 6.20 Å². The van der Waals surface area contributed by atoms with Gasteiger partial charge in [-0.3, -0.25) is 4.79 Å². The monoisotopic (exact) mass is 239 g/mol. The smallest absolute Gasteiger partial charge is 0.265 e. The zero-order chi connectivity index (χ0) is 10.9. The van der Waals surface area contributed by atoms with Crippen LogP contribution in [0.5, 0.6) is 0 Å². The van der Waals surface area contributed by atoms with E-state index in [1.807, 2.05) is 0 Å². The number of rotatable bonds is 2. The number of carbonyl (C=O) groups is 1. The van der Waals surface area contributed by atoms with Crippen molar-refractivity contribution in [2.45, 2.75) is 13.3 Å². The lowest BCUT2D eigenvalue weighted by Crippen LogP contribution is -2.04. The van der Waals surface area contributed by atoms with Gasteiger partial charge in [0.15, 0.2) is 0 Å². The van der Waals surface area contributed by atoms with Crippen LogP contribution in [0.3, 0.4) is 0 Å². The molecule has 0 aliphatic rings. The SMILES string of the molecule is Cc1cnc(Cl)c(C(=O)Cl)c1C(F)F. The Bertz CT molecular complexity index is 382. The third-order valence-corrected chi connectivity index (χ3v) is 2.16. The summed E-state index contributed by atoms with van der Waals surface area (Å²) >= 11 is 10.6. The number of nitrogens with zero attached hydrogens (tertiary/aromatic N) is 1. The first-order valence-electron chi connectivity index (χ1n) is 3.58. The van der Waals surface area contributed by atoms with Crippen molar-refractivity contribution >= 4 is 28.4 Å². The van der Waals surface area contributed by atoms with E-state index in [-0.39, 0.29) is 10.7 Å². The van der Waals surface area contributed by atoms with Crippen molar-refractivity contribution in [3.8, 4) is 0 Å². The van der Waals surface area contributed by atoms with Crippen LogP contribution in [0, 0.1) is 6.92 Å². The number of hydrogen-bond donors (Lipinski definition) is 0. The molecule has 0 saturated carbocycles. The number of alkyl halides is 2. The van der Waals surface area contributed by atoms with E-state index in [0.717, 1.165) is 0 Å². The number of aryl methyl sites for hydroxylation is 1. The van der Waals surface area contributed by atoms with Crippen LogP contribution < -0.4 is 0 Å². The summed E-state index contributed by atoms with van der Waals surface area (Å²) in [6.07, 6.45) is -1.62. The quantitative estimate of drug-likeness (QED) is 0.586. The van der Waals surface area contributed by atoms with Crippen molar-refractivity contribution in [3.63, 3.8) is 0 Å². The molecule has 0 amide bonds. The van der Waals surface area contributed by atoms with Gasteiger partial charge in [0.1, 0.15) is 5.15 Å². The summed E-state index contributed by atoms with van der Waals surface area (Å²) in [7, 11) is 0. The highest BCUT2D eigenvalue weighted by molar-refractivity contribution is 6.68. The number of hydrogen-bond acceptors (Lipinski definition) is 2. The van der Waals surface area contributed by atoms with Crippen LogP contribution in [0.4, 0.5) is 8.78 Å². The van der Waals surface area contributed by atoms with Gasteiger partial charge in [0.25, 0.3) is 11.7 Å². The maximum atomic E-state index is 12.5. The summed E-state index contributed by atoms with van der Waals surface area (Å²) in [5.41, 5.74) is -0.679. The van der Waals surface area contributed by atoms with E-state index >= 15 is 0 Å². The van der Waals surface area contributed by atoms with Crippen LogP contribution in [0.25, 0.3) is 0 Å². The largest absolute Gasteiger partial charge is 0.275 e. The minimum Gasteiger partial charge on any atom is -0.275 e. The number of carbonyl (C=O) groups excluding carboxylic acids is 1. The summed E-state index contributed by atoms with van der Waals surface area (Å²) < 4.78 is 25.1. The maximum Gasteiger partial charge on any atom is 0.265 e. The van der Waals surface area contributed by atoms with Crippen molar-refractivity contribution < 1.29 is 13.6 Å². The zero-order valence-electron chi connectivity index (χ0n) is 7.02. The molecule has 0 spiro atoms. The molecule has 6 heteroatoms. The molecule has 1 aromatic rings. The molecule has 0 aliphatic heterocycles. The standard InChI is InChI=1S/C8H5Cl2F2NO/c1-3-2-13-6(9)5(7(10)14)4(3)8(11)12/h2,8H,1H3. The molecule has 0 aromatic carbocycles. The molecule has 0 aliphatic carbocycles. The van der Waals surface area contributed by atoms with Crippen molar-refractivity contribution in [2.75, 3.05) is 0 Å². The van der Waals surface area contributed by atoms with E-state index in [1.165, 1.54) is 13.1 Å². The zero-order valence-corrected chi connectivity index (χ0v) is 8.53. The normalized spacial score (nSPS) is 10.7. The van der Waals surface area contributed by atoms with Crippen molar-refractivity contribution in [3.05, 3.63) is 28.0 Å². The van der Waals surface area contributed by atoms with E-state index in [4.69, 9.17) is 23.2 Å². The fourth-order valence-electron chi connectivity index (χ4n) is 1.06. The third kappa shape index (κ3) is 2.01. The van der Waals surface area contributed by atoms with Crippen LogP contribution in [0.1, 0.15) is 27.9 Å². The Kier molecular flexibility index (Phi) is 3.39. The molecule has 0 fully saturated rings. The molecule has 0 radical (unpaired) electrons. The van der Waals surface area contributed by atoms with Gasteiger partial charge in [0.05, 0.1) is 5.56 Å². The van der Waals surface area contributed by atoms with Crippen molar-refractivity contribution in [1.29, 1.82) is 0 Å². The Morgan fingerprint density at radius 2 is 2.14 bits per heavy atom. The van der Waals surface area contributed by atoms with Gasteiger partial charge in [-0.05, 0) is 24.1 Å². The molecule has 1 aromatic heterocycles. The first kappa shape index (κ1) is 11.3. The first-order valence-corrected chi connectivity index (χ1v) is 4.33. The highest BCUT2D eigenvalue weighted by Crippen LogP contribution is 2.30. The third-order valence-electron chi connectivity index (χ3n) is 1.69. The Hall–Kier alpha value is -0.740. The van der Waals surface area contributed by atoms with Gasteiger partial charge in [-0.15, -0.1) is 0 Å². The summed E-state index contributed by atoms with van der Waals surface area (Å²) in [5.74, 6) is 0. The van der Waals surface area contributed by atoms with E-state index in [0.29, 0.717) is 0 Å². The molecular weight excluding hydrogens is 235 g/mol. The second kappa shape index (κ2) is 4.19. The highest BCUT2D eigenvalue weighted by atomic mass is 35.5. The van der Waals surface area contributed by atoms with E-state index in [2.05, 4.69) is 4.98 Å². The van der Waals surface area contributed by atoms with E-state index in [9.17, 15) is 13.6 Å². The van der Waals surface area contributed by atoms with E-state index in [1.54, 1.807) is 0 Å². The molecular formula is C8H5Cl2F2NO. The summed E-state index contributed by atoms with van der Waals surface area (Å²) in [5, 5.41) is -1.33. The molecule has 0 atom stereocenters. The van der Waals surface area contributed by atoms with Gasteiger partial charge in [-0.25, -0.2) is 13.8 Å². The number of halogens is 4. The average Bonchev–Trinajstić information content (AvgIpc) is 2.07. The number of pyridine rings is 1. The van der Waals surface area contributed by atoms with Crippen LogP contribution >= 0.6 is 23.2 Å². The predicted octanol–water partition coefficient (Wildman–Crippen LogP) is 3.36. The van der Waals surface area contributed by atoms with Gasteiger partial charge >= 0.3 is 0 Å². The Labute approximate surface area is 88.8 Å². The Balaban J connectivity index is 3.50. The van der Waals surface area contributed by atoms with Crippen LogP contribution in [0.2, 0.25) is 5.15 Å². The number of aromatic nitrogens is 1. The summed E-state index contributed by atoms with van der Waals surface area (Å²) in [6.45, 7) is 1.41. The minimum absolute atomic E-state index is 0.188. The van der Waals surface area contributed by atoms with Gasteiger partial charge in [0, 0.05) is 11.8 Å². The minimum atomic E-state index is -2.80. The molecule has 0 bridgehead atoms. The fourth-order valence-corrected chi connectivity index (χ4v) is 1.54. The lowest BCUT2D eigenvalue weighted by atomic mass is 10.1. The van der Waals surface area contributed by atoms with Gasteiger partial charge < -0.3 is 0 Å². The maximum absolute atomic E-state index is 12.5. The Morgan fingerprint density at radius 1 is 1.57 bits per heavy atom. The molecule has 0 N–H and O–H groups in total. The second-order valence-electron chi connectivity index (χ2n) is 2.60. The van der Waals surface area contributed by atoms with Gasteiger partial charge in [-0.2, -0.15) is 0 Å². The van der Waals surface area contributed by atoms with Gasteiger partial charge in [0.2, 0.25) is 0 Å². The topological polar surface area (TPSA) is 30.0 Å². The highest BCUT2D eigenvalue weighted by Gasteiger charge is 2.23. The summed E-state index contributed by atoms with van der Waals surface area (Å²) in [6, 6.07) is 0. The van der Waals surface area contributed by atoms with Crippen LogP contribution in [-0.4, -0.2) is 10.2 Å². The van der Waals surface area contributed by atoms with Gasteiger partial charge in [-0.1, -0.05) is 11.6 Å².